The van der Waals surface area contributed by atoms with E-state index in [1.807, 2.05) is 26.8 Å². The average Bonchev–Trinajstić information content (AvgIpc) is 2.14. The van der Waals surface area contributed by atoms with Crippen LogP contribution in [-0.2, 0) is 15.5 Å². The first-order valence-electron chi connectivity index (χ1n) is 5.10. The van der Waals surface area contributed by atoms with Gasteiger partial charge in [0.2, 0.25) is 0 Å². The van der Waals surface area contributed by atoms with Gasteiger partial charge in [0.1, 0.15) is 0 Å². The summed E-state index contributed by atoms with van der Waals surface area (Å²) in [6.07, 6.45) is 0. The van der Waals surface area contributed by atoms with Gasteiger partial charge in [-0.2, -0.15) is 13.7 Å². The number of rotatable bonds is 1. The van der Waals surface area contributed by atoms with Crippen LogP contribution in [-0.4, -0.2) is 13.0 Å². The van der Waals surface area contributed by atoms with Crippen molar-refractivity contribution >= 4 is 10.1 Å². The van der Waals surface area contributed by atoms with Crippen molar-refractivity contribution in [2.75, 3.05) is 0 Å². The summed E-state index contributed by atoms with van der Waals surface area (Å²) < 4.78 is 31.9. The number of aryl methyl sites for hydroxylation is 1. The molecule has 0 aliphatic heterocycles. The molecule has 4 nitrogen and oxygen atoms in total. The lowest BCUT2D eigenvalue weighted by atomic mass is 9.85. The Hall–Kier alpha value is -1.38. The van der Waals surface area contributed by atoms with Gasteiger partial charge in [-0.25, -0.2) is 0 Å². The van der Waals surface area contributed by atoms with E-state index in [0.29, 0.717) is 11.1 Å². The molecule has 0 saturated heterocycles. The quantitative estimate of drug-likeness (QED) is 0.779. The average molecular weight is 253 g/mol. The highest BCUT2D eigenvalue weighted by Gasteiger charge is 2.25. The smallest absolute Gasteiger partial charge is 0.282 e. The fourth-order valence-corrected chi connectivity index (χ4v) is 2.52. The molecule has 0 bridgehead atoms. The van der Waals surface area contributed by atoms with Gasteiger partial charge >= 0.3 is 0 Å². The zero-order valence-corrected chi connectivity index (χ0v) is 11.1. The molecule has 0 aliphatic carbocycles. The van der Waals surface area contributed by atoms with Gasteiger partial charge in [0.05, 0.1) is 16.5 Å². The molecule has 5 heteroatoms. The van der Waals surface area contributed by atoms with Crippen molar-refractivity contribution < 1.29 is 13.0 Å². The van der Waals surface area contributed by atoms with Gasteiger partial charge in [-0.05, 0) is 29.5 Å². The predicted molar refractivity (Wildman–Crippen MR) is 64.4 cm³/mol. The van der Waals surface area contributed by atoms with Crippen LogP contribution in [0.5, 0.6) is 0 Å². The van der Waals surface area contributed by atoms with Crippen LogP contribution in [0, 0.1) is 18.3 Å². The van der Waals surface area contributed by atoms with E-state index in [-0.39, 0.29) is 10.5 Å². The SMILES string of the molecule is Cc1cc(C(C)(C)C)c(S(=O)(=O)O)cc1C#N. The van der Waals surface area contributed by atoms with E-state index in [0.717, 1.165) is 0 Å². The van der Waals surface area contributed by atoms with E-state index < -0.39 is 15.5 Å². The summed E-state index contributed by atoms with van der Waals surface area (Å²) in [6.45, 7) is 7.29. The third-order valence-electron chi connectivity index (χ3n) is 2.53. The first-order valence-corrected chi connectivity index (χ1v) is 6.54. The summed E-state index contributed by atoms with van der Waals surface area (Å²) in [7, 11) is -4.32. The molecular formula is C12H15NO3S. The second kappa shape index (κ2) is 4.13. The van der Waals surface area contributed by atoms with Gasteiger partial charge in [-0.1, -0.05) is 26.8 Å². The maximum atomic E-state index is 11.3. The maximum Gasteiger partial charge on any atom is 0.294 e. The van der Waals surface area contributed by atoms with Crippen LogP contribution in [0.15, 0.2) is 17.0 Å². The molecule has 0 radical (unpaired) electrons. The largest absolute Gasteiger partial charge is 0.294 e. The fraction of sp³-hybridized carbons (Fsp3) is 0.417. The molecule has 1 aromatic carbocycles. The minimum absolute atomic E-state index is 0.188. The van der Waals surface area contributed by atoms with Gasteiger partial charge in [0.25, 0.3) is 10.1 Å². The van der Waals surface area contributed by atoms with Gasteiger partial charge < -0.3 is 0 Å². The Morgan fingerprint density at radius 3 is 2.18 bits per heavy atom. The Balaban J connectivity index is 3.74. The van der Waals surface area contributed by atoms with Crippen LogP contribution in [0.4, 0.5) is 0 Å². The lowest BCUT2D eigenvalue weighted by Gasteiger charge is -2.22. The van der Waals surface area contributed by atoms with E-state index >= 15 is 0 Å². The third kappa shape index (κ3) is 2.84. The van der Waals surface area contributed by atoms with Crippen molar-refractivity contribution in [1.29, 1.82) is 5.26 Å². The summed E-state index contributed by atoms with van der Waals surface area (Å²) in [5.74, 6) is 0. The monoisotopic (exact) mass is 253 g/mol. The van der Waals surface area contributed by atoms with Crippen molar-refractivity contribution in [1.82, 2.24) is 0 Å². The molecule has 1 rings (SSSR count). The number of hydrogen-bond donors (Lipinski definition) is 1. The number of nitriles is 1. The number of benzene rings is 1. The molecule has 0 spiro atoms. The maximum absolute atomic E-state index is 11.3. The molecule has 0 aromatic heterocycles. The summed E-state index contributed by atoms with van der Waals surface area (Å²) in [6, 6.07) is 4.78. The molecule has 17 heavy (non-hydrogen) atoms. The normalized spacial score (nSPS) is 12.2. The lowest BCUT2D eigenvalue weighted by molar-refractivity contribution is 0.476. The minimum Gasteiger partial charge on any atom is -0.282 e. The molecule has 0 heterocycles. The van der Waals surface area contributed by atoms with Crippen LogP contribution in [0.3, 0.4) is 0 Å². The van der Waals surface area contributed by atoms with Gasteiger partial charge in [-0.3, -0.25) is 4.55 Å². The Kier molecular flexibility index (Phi) is 3.33. The van der Waals surface area contributed by atoms with E-state index in [1.54, 1.807) is 13.0 Å². The molecule has 0 fully saturated rings. The van der Waals surface area contributed by atoms with Gasteiger partial charge in [-0.15, -0.1) is 0 Å². The molecule has 1 aromatic rings. The van der Waals surface area contributed by atoms with Crippen LogP contribution in [0.1, 0.15) is 37.5 Å². The van der Waals surface area contributed by atoms with Crippen molar-refractivity contribution in [3.8, 4) is 6.07 Å². The van der Waals surface area contributed by atoms with Crippen LogP contribution in [0.2, 0.25) is 0 Å². The van der Waals surface area contributed by atoms with Crippen LogP contribution in [0.25, 0.3) is 0 Å². The Bertz CT molecular complexity index is 589. The number of hydrogen-bond acceptors (Lipinski definition) is 3. The molecule has 92 valence electrons. The Morgan fingerprint density at radius 1 is 1.29 bits per heavy atom. The Morgan fingerprint density at radius 2 is 1.82 bits per heavy atom. The summed E-state index contributed by atoms with van der Waals surface area (Å²) in [5, 5.41) is 8.88. The van der Waals surface area contributed by atoms with Crippen molar-refractivity contribution in [2.45, 2.75) is 38.0 Å². The van der Waals surface area contributed by atoms with E-state index in [1.165, 1.54) is 6.07 Å². The Labute approximate surface area is 102 Å². The topological polar surface area (TPSA) is 78.2 Å². The van der Waals surface area contributed by atoms with Crippen LogP contribution >= 0.6 is 0 Å². The highest BCUT2D eigenvalue weighted by Crippen LogP contribution is 2.31. The van der Waals surface area contributed by atoms with E-state index in [4.69, 9.17) is 5.26 Å². The van der Waals surface area contributed by atoms with Gasteiger partial charge in [0, 0.05) is 0 Å². The van der Waals surface area contributed by atoms with E-state index in [9.17, 15) is 13.0 Å². The fourth-order valence-electron chi connectivity index (χ4n) is 1.61. The predicted octanol–water partition coefficient (Wildman–Crippen LogP) is 2.41. The molecule has 0 atom stereocenters. The summed E-state index contributed by atoms with van der Waals surface area (Å²) in [5.41, 5.74) is 1.04. The second-order valence-corrected chi connectivity index (χ2v) is 6.39. The standard InChI is InChI=1S/C12H15NO3S/c1-8-5-10(12(2,3)4)11(17(14,15)16)6-9(8)7-13/h5-6H,1-4H3,(H,14,15,16). The summed E-state index contributed by atoms with van der Waals surface area (Å²) >= 11 is 0. The highest BCUT2D eigenvalue weighted by atomic mass is 32.2. The minimum atomic E-state index is -4.32. The lowest BCUT2D eigenvalue weighted by Crippen LogP contribution is -2.17. The first-order chi connectivity index (χ1) is 7.57. The first kappa shape index (κ1) is 13.7. The van der Waals surface area contributed by atoms with Crippen molar-refractivity contribution in [3.05, 3.63) is 28.8 Å². The van der Waals surface area contributed by atoms with E-state index in [2.05, 4.69) is 0 Å². The number of nitrogens with zero attached hydrogens (tertiary/aromatic N) is 1. The summed E-state index contributed by atoms with van der Waals surface area (Å²) in [4.78, 5) is -0.188. The van der Waals surface area contributed by atoms with Gasteiger partial charge in [0.15, 0.2) is 0 Å². The van der Waals surface area contributed by atoms with Crippen molar-refractivity contribution in [2.24, 2.45) is 0 Å². The molecule has 0 amide bonds. The molecule has 1 N–H and O–H groups in total. The van der Waals surface area contributed by atoms with Crippen LogP contribution < -0.4 is 0 Å². The zero-order chi connectivity index (χ0) is 13.4. The molecular weight excluding hydrogens is 238 g/mol. The highest BCUT2D eigenvalue weighted by molar-refractivity contribution is 7.85. The second-order valence-electron chi connectivity index (χ2n) is 5.00. The third-order valence-corrected chi connectivity index (χ3v) is 3.43. The molecule has 0 saturated carbocycles. The van der Waals surface area contributed by atoms with Crippen molar-refractivity contribution in [3.63, 3.8) is 0 Å². The molecule has 0 unspecified atom stereocenters. The molecule has 0 aliphatic rings. The zero-order valence-electron chi connectivity index (χ0n) is 10.3.